The van der Waals surface area contributed by atoms with Gasteiger partial charge in [0.25, 0.3) is 0 Å². The van der Waals surface area contributed by atoms with Crippen LogP contribution in [-0.4, -0.2) is 18.9 Å². The second kappa shape index (κ2) is 9.15. The number of hydrogen-bond acceptors (Lipinski definition) is 4. The van der Waals surface area contributed by atoms with Crippen molar-refractivity contribution in [3.8, 4) is 5.75 Å². The van der Waals surface area contributed by atoms with Crippen molar-refractivity contribution in [2.24, 2.45) is 5.41 Å². The lowest BCUT2D eigenvalue weighted by molar-refractivity contribution is -0.118. The molecule has 36 heavy (non-hydrogen) atoms. The monoisotopic (exact) mass is 485 g/mol. The lowest BCUT2D eigenvalue weighted by Crippen LogP contribution is -2.41. The Labute approximate surface area is 209 Å². The number of hydrogen-bond donors (Lipinski definition) is 2. The number of fused-ring (bicyclic) bond motifs is 1. The highest BCUT2D eigenvalue weighted by Gasteiger charge is 2.44. The molecular weight excluding hydrogens is 457 g/mol. The van der Waals surface area contributed by atoms with Crippen LogP contribution >= 0.6 is 0 Å². The standard InChI is InChI=1S/C29H28FN3O3/c1-29(2)16-22-26(24(34)17-29)27(20-8-4-7-11-25(20)36-3)33(23-10-6-5-9-21(23)32-22)28(35)31-19-14-12-18(30)13-15-19/h4-15,27,32H,16-17H2,1-3H3,(H,31,35). The number of Topliss-reactive ketones (excluding diaryl/α,β-unsaturated/α-hetero) is 1. The molecule has 0 saturated carbocycles. The predicted octanol–water partition coefficient (Wildman–Crippen LogP) is 6.68. The maximum Gasteiger partial charge on any atom is 0.327 e. The number of urea groups is 1. The molecule has 1 atom stereocenters. The number of nitrogens with one attached hydrogen (secondary N) is 2. The van der Waals surface area contributed by atoms with E-state index in [4.69, 9.17) is 4.74 Å². The summed E-state index contributed by atoms with van der Waals surface area (Å²) < 4.78 is 19.2. The van der Waals surface area contributed by atoms with Gasteiger partial charge in [-0.2, -0.15) is 0 Å². The van der Waals surface area contributed by atoms with E-state index in [-0.39, 0.29) is 11.2 Å². The first-order valence-electron chi connectivity index (χ1n) is 11.9. The van der Waals surface area contributed by atoms with Crippen LogP contribution in [0.25, 0.3) is 0 Å². The molecule has 1 heterocycles. The van der Waals surface area contributed by atoms with Crippen LogP contribution in [0.1, 0.15) is 38.3 Å². The Morgan fingerprint density at radius 1 is 1.03 bits per heavy atom. The minimum atomic E-state index is -0.739. The van der Waals surface area contributed by atoms with Gasteiger partial charge in [-0.05, 0) is 54.3 Å². The summed E-state index contributed by atoms with van der Waals surface area (Å²) in [6.45, 7) is 4.15. The minimum absolute atomic E-state index is 0.0166. The van der Waals surface area contributed by atoms with Gasteiger partial charge in [-0.1, -0.05) is 44.2 Å². The van der Waals surface area contributed by atoms with Crippen molar-refractivity contribution in [2.75, 3.05) is 22.6 Å². The first-order chi connectivity index (χ1) is 17.3. The van der Waals surface area contributed by atoms with E-state index in [1.54, 1.807) is 12.0 Å². The summed E-state index contributed by atoms with van der Waals surface area (Å²) in [6.07, 6.45) is 1.02. The maximum absolute atomic E-state index is 14.0. The van der Waals surface area contributed by atoms with Crippen molar-refractivity contribution >= 4 is 28.9 Å². The topological polar surface area (TPSA) is 70.7 Å². The number of allylic oxidation sites excluding steroid dienone is 1. The van der Waals surface area contributed by atoms with E-state index >= 15 is 0 Å². The lowest BCUT2D eigenvalue weighted by Gasteiger charge is -2.37. The minimum Gasteiger partial charge on any atom is -0.496 e. The van der Waals surface area contributed by atoms with Crippen LogP contribution in [0, 0.1) is 11.2 Å². The molecule has 184 valence electrons. The Morgan fingerprint density at radius 2 is 1.72 bits per heavy atom. The molecular formula is C29H28FN3O3. The van der Waals surface area contributed by atoms with Gasteiger partial charge in [0.2, 0.25) is 0 Å². The quantitative estimate of drug-likeness (QED) is 0.434. The van der Waals surface area contributed by atoms with E-state index in [9.17, 15) is 14.0 Å². The smallest absolute Gasteiger partial charge is 0.327 e. The average molecular weight is 486 g/mol. The fraction of sp³-hybridized carbons (Fsp3) is 0.241. The Kier molecular flexibility index (Phi) is 6.00. The first-order valence-corrected chi connectivity index (χ1v) is 11.9. The highest BCUT2D eigenvalue weighted by molar-refractivity contribution is 6.09. The van der Waals surface area contributed by atoms with E-state index in [1.165, 1.54) is 24.3 Å². The Morgan fingerprint density at radius 3 is 2.47 bits per heavy atom. The zero-order valence-electron chi connectivity index (χ0n) is 20.5. The largest absolute Gasteiger partial charge is 0.496 e. The molecule has 2 N–H and O–H groups in total. The van der Waals surface area contributed by atoms with Crippen LogP contribution in [0.3, 0.4) is 0 Å². The van der Waals surface area contributed by atoms with Crippen molar-refractivity contribution in [1.82, 2.24) is 0 Å². The molecule has 3 aromatic rings. The van der Waals surface area contributed by atoms with Gasteiger partial charge in [-0.25, -0.2) is 9.18 Å². The van der Waals surface area contributed by atoms with E-state index in [1.807, 2.05) is 48.5 Å². The molecule has 0 spiro atoms. The molecule has 1 aliphatic heterocycles. The number of amides is 2. The maximum atomic E-state index is 14.0. The van der Waals surface area contributed by atoms with E-state index in [0.717, 1.165) is 11.4 Å². The highest BCUT2D eigenvalue weighted by Crippen LogP contribution is 2.49. The predicted molar refractivity (Wildman–Crippen MR) is 139 cm³/mol. The van der Waals surface area contributed by atoms with Gasteiger partial charge in [0, 0.05) is 28.9 Å². The van der Waals surface area contributed by atoms with Crippen LogP contribution in [0.2, 0.25) is 0 Å². The van der Waals surface area contributed by atoms with Crippen LogP contribution in [0.5, 0.6) is 5.75 Å². The van der Waals surface area contributed by atoms with Crippen LogP contribution in [0.4, 0.5) is 26.2 Å². The normalized spacial score (nSPS) is 18.5. The zero-order valence-corrected chi connectivity index (χ0v) is 20.5. The molecule has 0 bridgehead atoms. The third-order valence-electron chi connectivity index (χ3n) is 6.65. The van der Waals surface area contributed by atoms with Gasteiger partial charge >= 0.3 is 6.03 Å². The fourth-order valence-electron chi connectivity index (χ4n) is 5.11. The number of benzene rings is 3. The third-order valence-corrected chi connectivity index (χ3v) is 6.65. The molecule has 7 heteroatoms. The van der Waals surface area contributed by atoms with Crippen LogP contribution in [-0.2, 0) is 4.79 Å². The zero-order chi connectivity index (χ0) is 25.4. The van der Waals surface area contributed by atoms with E-state index < -0.39 is 17.9 Å². The molecule has 0 radical (unpaired) electrons. The fourth-order valence-corrected chi connectivity index (χ4v) is 5.11. The first kappa shape index (κ1) is 23.6. The number of carbonyl (C=O) groups excluding carboxylic acids is 2. The molecule has 5 rings (SSSR count). The molecule has 2 amide bonds. The van der Waals surface area contributed by atoms with Gasteiger partial charge in [0.1, 0.15) is 11.6 Å². The number of carbonyl (C=O) groups is 2. The summed E-state index contributed by atoms with van der Waals surface area (Å²) in [7, 11) is 1.58. The highest BCUT2D eigenvalue weighted by atomic mass is 19.1. The van der Waals surface area contributed by atoms with Crippen molar-refractivity contribution in [1.29, 1.82) is 0 Å². The third kappa shape index (κ3) is 4.33. The molecule has 2 aliphatic rings. The average Bonchev–Trinajstić information content (AvgIpc) is 2.99. The number of ketones is 1. The van der Waals surface area contributed by atoms with E-state index in [0.29, 0.717) is 41.1 Å². The van der Waals surface area contributed by atoms with Gasteiger partial charge in [0.15, 0.2) is 5.78 Å². The van der Waals surface area contributed by atoms with Crippen molar-refractivity contribution in [3.63, 3.8) is 0 Å². The summed E-state index contributed by atoms with van der Waals surface area (Å²) in [4.78, 5) is 29.3. The van der Waals surface area contributed by atoms with Crippen molar-refractivity contribution in [3.05, 3.63) is 95.4 Å². The molecule has 6 nitrogen and oxygen atoms in total. The number of halogens is 1. The molecule has 0 aromatic heterocycles. The number of methoxy groups -OCH3 is 1. The Bertz CT molecular complexity index is 1360. The van der Waals surface area contributed by atoms with Gasteiger partial charge < -0.3 is 15.4 Å². The van der Waals surface area contributed by atoms with Crippen LogP contribution in [0.15, 0.2) is 84.1 Å². The number of nitrogens with zero attached hydrogens (tertiary/aromatic N) is 1. The second-order valence-corrected chi connectivity index (χ2v) is 9.93. The van der Waals surface area contributed by atoms with Gasteiger partial charge in [0.05, 0.1) is 24.5 Å². The lowest BCUT2D eigenvalue weighted by atomic mass is 9.73. The Hall–Kier alpha value is -4.13. The SMILES string of the molecule is COc1ccccc1C1C2=C(CC(C)(C)CC2=O)Nc2ccccc2N1C(=O)Nc1ccc(F)cc1. The Balaban J connectivity index is 1.74. The second-order valence-electron chi connectivity index (χ2n) is 9.93. The van der Waals surface area contributed by atoms with Gasteiger partial charge in [-0.3, -0.25) is 9.69 Å². The molecule has 3 aromatic carbocycles. The summed E-state index contributed by atoms with van der Waals surface area (Å²) in [5, 5.41) is 6.38. The summed E-state index contributed by atoms with van der Waals surface area (Å²) in [5.74, 6) is 0.164. The summed E-state index contributed by atoms with van der Waals surface area (Å²) in [6, 6.07) is 19.3. The number of ether oxygens (including phenoxy) is 1. The van der Waals surface area contributed by atoms with Gasteiger partial charge in [-0.15, -0.1) is 0 Å². The van der Waals surface area contributed by atoms with Crippen LogP contribution < -0.4 is 20.3 Å². The molecule has 0 fully saturated rings. The van der Waals surface area contributed by atoms with Crippen molar-refractivity contribution in [2.45, 2.75) is 32.7 Å². The number of rotatable bonds is 3. The molecule has 1 aliphatic carbocycles. The number of para-hydroxylation sites is 3. The number of anilines is 3. The van der Waals surface area contributed by atoms with E-state index in [2.05, 4.69) is 24.5 Å². The molecule has 1 unspecified atom stereocenters. The molecule has 0 saturated heterocycles. The summed E-state index contributed by atoms with van der Waals surface area (Å²) >= 11 is 0. The summed E-state index contributed by atoms with van der Waals surface area (Å²) in [5.41, 5.74) is 3.61. The van der Waals surface area contributed by atoms with Crippen molar-refractivity contribution < 1.29 is 18.7 Å².